The van der Waals surface area contributed by atoms with Gasteiger partial charge in [0.15, 0.2) is 5.82 Å². The Labute approximate surface area is 63.2 Å². The van der Waals surface area contributed by atoms with Gasteiger partial charge in [-0.2, -0.15) is 0 Å². The van der Waals surface area contributed by atoms with Gasteiger partial charge in [-0.15, -0.1) is 0 Å². The minimum absolute atomic E-state index is 0.0432. The van der Waals surface area contributed by atoms with Crippen molar-refractivity contribution in [3.05, 3.63) is 12.0 Å². The number of fused-ring (bicyclic) bond motifs is 1. The lowest BCUT2D eigenvalue weighted by molar-refractivity contribution is 0.0934. The van der Waals surface area contributed by atoms with Crippen LogP contribution in [-0.2, 0) is 0 Å². The van der Waals surface area contributed by atoms with E-state index >= 15 is 0 Å². The van der Waals surface area contributed by atoms with Crippen LogP contribution in [-0.4, -0.2) is 22.0 Å². The van der Waals surface area contributed by atoms with Crippen LogP contribution in [0.1, 0.15) is 17.4 Å². The van der Waals surface area contributed by atoms with Gasteiger partial charge in [0.1, 0.15) is 5.69 Å². The first-order valence-corrected chi connectivity index (χ1v) is 3.38. The number of carbonyl (C=O) groups is 1. The Hall–Kier alpha value is -1.52. The molecule has 58 valence electrons. The summed E-state index contributed by atoms with van der Waals surface area (Å²) < 4.78 is 0. The number of nitrogens with zero attached hydrogens (tertiary/aromatic N) is 1. The van der Waals surface area contributed by atoms with Gasteiger partial charge in [-0.25, -0.2) is 4.98 Å². The molecule has 0 saturated heterocycles. The summed E-state index contributed by atoms with van der Waals surface area (Å²) in [6, 6.07) is 0. The van der Waals surface area contributed by atoms with Crippen molar-refractivity contribution in [1.29, 1.82) is 0 Å². The molecule has 1 atom stereocenters. The first-order valence-electron chi connectivity index (χ1n) is 3.38. The predicted octanol–water partition coefficient (Wildman–Crippen LogP) is -0.0890. The first-order chi connectivity index (χ1) is 5.27. The molecular formula is C6H8N4O. The van der Waals surface area contributed by atoms with Crippen molar-refractivity contribution in [1.82, 2.24) is 15.3 Å². The van der Waals surface area contributed by atoms with E-state index in [1.807, 2.05) is 6.92 Å². The van der Waals surface area contributed by atoms with E-state index in [9.17, 15) is 4.79 Å². The van der Waals surface area contributed by atoms with Crippen molar-refractivity contribution in [3.63, 3.8) is 0 Å². The molecule has 0 radical (unpaired) electrons. The Morgan fingerprint density at radius 2 is 2.36 bits per heavy atom. The second-order valence-electron chi connectivity index (χ2n) is 2.47. The lowest BCUT2D eigenvalue weighted by Gasteiger charge is -2.20. The van der Waals surface area contributed by atoms with E-state index in [-0.39, 0.29) is 12.1 Å². The summed E-state index contributed by atoms with van der Waals surface area (Å²) in [6.45, 7) is 1.86. The van der Waals surface area contributed by atoms with E-state index in [2.05, 4.69) is 20.6 Å². The smallest absolute Gasteiger partial charge is 0.273 e. The maximum absolute atomic E-state index is 11.1. The number of anilines is 1. The molecule has 1 aliphatic rings. The van der Waals surface area contributed by atoms with Crippen LogP contribution in [0, 0.1) is 0 Å². The maximum Gasteiger partial charge on any atom is 0.273 e. The highest BCUT2D eigenvalue weighted by atomic mass is 16.2. The van der Waals surface area contributed by atoms with E-state index in [0.717, 1.165) is 0 Å². The molecule has 0 bridgehead atoms. The summed E-state index contributed by atoms with van der Waals surface area (Å²) in [5, 5.41) is 5.70. The van der Waals surface area contributed by atoms with Crippen molar-refractivity contribution in [2.45, 2.75) is 13.1 Å². The number of rotatable bonds is 0. The van der Waals surface area contributed by atoms with Crippen LogP contribution in [0.4, 0.5) is 5.82 Å². The molecule has 0 fully saturated rings. The molecule has 5 heteroatoms. The summed E-state index contributed by atoms with van der Waals surface area (Å²) in [5.74, 6) is 0.519. The number of imidazole rings is 1. The second-order valence-corrected chi connectivity index (χ2v) is 2.47. The Bertz CT molecular complexity index is 293. The number of nitrogens with one attached hydrogen (secondary N) is 3. The number of hydrogen-bond donors (Lipinski definition) is 3. The Balaban J connectivity index is 2.44. The zero-order valence-corrected chi connectivity index (χ0v) is 6.01. The SMILES string of the molecule is CC1NC(=O)c2[nH]cnc2N1. The number of aromatic nitrogens is 2. The highest BCUT2D eigenvalue weighted by molar-refractivity contribution is 5.98. The number of H-pyrrole nitrogens is 1. The molecule has 3 N–H and O–H groups in total. The highest BCUT2D eigenvalue weighted by Crippen LogP contribution is 2.13. The molecule has 1 unspecified atom stereocenters. The van der Waals surface area contributed by atoms with E-state index in [1.165, 1.54) is 6.33 Å². The fourth-order valence-electron chi connectivity index (χ4n) is 1.09. The zero-order chi connectivity index (χ0) is 7.84. The fraction of sp³-hybridized carbons (Fsp3) is 0.333. The normalized spacial score (nSPS) is 21.9. The molecule has 0 spiro atoms. The van der Waals surface area contributed by atoms with E-state index in [0.29, 0.717) is 11.5 Å². The minimum Gasteiger partial charge on any atom is -0.348 e. The molecule has 0 saturated carbocycles. The van der Waals surface area contributed by atoms with Gasteiger partial charge >= 0.3 is 0 Å². The second kappa shape index (κ2) is 1.98. The van der Waals surface area contributed by atoms with Crippen molar-refractivity contribution >= 4 is 11.7 Å². The minimum atomic E-state index is -0.108. The average molecular weight is 152 g/mol. The Morgan fingerprint density at radius 3 is 3.18 bits per heavy atom. The quantitative estimate of drug-likeness (QED) is 0.486. The van der Waals surface area contributed by atoms with Crippen LogP contribution in [0.2, 0.25) is 0 Å². The van der Waals surface area contributed by atoms with Gasteiger partial charge in [0.05, 0.1) is 12.5 Å². The third-order valence-electron chi connectivity index (χ3n) is 1.57. The zero-order valence-electron chi connectivity index (χ0n) is 6.01. The number of aromatic amines is 1. The molecule has 1 aliphatic heterocycles. The molecule has 5 nitrogen and oxygen atoms in total. The van der Waals surface area contributed by atoms with Gasteiger partial charge in [-0.05, 0) is 6.92 Å². The molecule has 0 aliphatic carbocycles. The summed E-state index contributed by atoms with van der Waals surface area (Å²) in [5.41, 5.74) is 0.503. The highest BCUT2D eigenvalue weighted by Gasteiger charge is 2.22. The van der Waals surface area contributed by atoms with Gasteiger partial charge in [0.25, 0.3) is 5.91 Å². The molecule has 0 aromatic carbocycles. The van der Waals surface area contributed by atoms with Crippen LogP contribution >= 0.6 is 0 Å². The maximum atomic E-state index is 11.1. The summed E-state index contributed by atoms with van der Waals surface area (Å²) >= 11 is 0. The van der Waals surface area contributed by atoms with E-state index < -0.39 is 0 Å². The van der Waals surface area contributed by atoms with Crippen molar-refractivity contribution in [3.8, 4) is 0 Å². The summed E-state index contributed by atoms with van der Waals surface area (Å²) in [6.07, 6.45) is 1.45. The molecular weight excluding hydrogens is 144 g/mol. The number of carbonyl (C=O) groups excluding carboxylic acids is 1. The van der Waals surface area contributed by atoms with Gasteiger partial charge in [-0.1, -0.05) is 0 Å². The summed E-state index contributed by atoms with van der Waals surface area (Å²) in [4.78, 5) is 17.8. The van der Waals surface area contributed by atoms with Crippen LogP contribution in [0.5, 0.6) is 0 Å². The van der Waals surface area contributed by atoms with Crippen LogP contribution in [0.25, 0.3) is 0 Å². The van der Waals surface area contributed by atoms with Crippen molar-refractivity contribution in [2.24, 2.45) is 0 Å². The standard InChI is InChI=1S/C6H8N4O/c1-3-9-5-4(6(11)10-3)7-2-8-5/h2-3,9H,1H3,(H,7,8)(H,10,11). The molecule has 1 amide bonds. The van der Waals surface area contributed by atoms with Gasteiger partial charge in [0.2, 0.25) is 0 Å². The molecule has 2 heterocycles. The largest absolute Gasteiger partial charge is 0.348 e. The average Bonchev–Trinajstić information content (AvgIpc) is 2.34. The fourth-order valence-corrected chi connectivity index (χ4v) is 1.09. The van der Waals surface area contributed by atoms with Crippen molar-refractivity contribution < 1.29 is 4.79 Å². The predicted molar refractivity (Wildman–Crippen MR) is 39.1 cm³/mol. The third-order valence-corrected chi connectivity index (χ3v) is 1.57. The van der Waals surface area contributed by atoms with Gasteiger partial charge < -0.3 is 15.6 Å². The summed E-state index contributed by atoms with van der Waals surface area (Å²) in [7, 11) is 0. The van der Waals surface area contributed by atoms with E-state index in [4.69, 9.17) is 0 Å². The third kappa shape index (κ3) is 0.849. The van der Waals surface area contributed by atoms with E-state index in [1.54, 1.807) is 0 Å². The molecule has 1 aromatic rings. The number of amides is 1. The van der Waals surface area contributed by atoms with Gasteiger partial charge in [-0.3, -0.25) is 4.79 Å². The topological polar surface area (TPSA) is 69.8 Å². The van der Waals surface area contributed by atoms with Gasteiger partial charge in [0, 0.05) is 0 Å². The Morgan fingerprint density at radius 1 is 1.55 bits per heavy atom. The lowest BCUT2D eigenvalue weighted by Crippen LogP contribution is -2.42. The molecule has 11 heavy (non-hydrogen) atoms. The van der Waals surface area contributed by atoms with Crippen LogP contribution < -0.4 is 10.6 Å². The number of hydrogen-bond acceptors (Lipinski definition) is 3. The Kier molecular flexibility index (Phi) is 1.12. The van der Waals surface area contributed by atoms with Crippen LogP contribution in [0.3, 0.4) is 0 Å². The monoisotopic (exact) mass is 152 g/mol. The lowest BCUT2D eigenvalue weighted by atomic mass is 10.3. The molecule has 2 rings (SSSR count). The molecule has 1 aromatic heterocycles. The first kappa shape index (κ1) is 6.21. The van der Waals surface area contributed by atoms with Crippen molar-refractivity contribution in [2.75, 3.05) is 5.32 Å². The van der Waals surface area contributed by atoms with Crippen LogP contribution in [0.15, 0.2) is 6.33 Å².